The molecule has 1 fully saturated rings. The summed E-state index contributed by atoms with van der Waals surface area (Å²) in [6.45, 7) is 1.76. The van der Waals surface area contributed by atoms with Crippen molar-refractivity contribution in [3.63, 3.8) is 0 Å². The van der Waals surface area contributed by atoms with Crippen molar-refractivity contribution in [2.24, 2.45) is 5.92 Å². The van der Waals surface area contributed by atoms with E-state index in [4.69, 9.17) is 5.11 Å². The molecular formula is C8H13NO3S2. The number of thiol groups is 1. The topological polar surface area (TPSA) is 57.6 Å². The van der Waals surface area contributed by atoms with Crippen molar-refractivity contribution in [3.8, 4) is 0 Å². The second kappa shape index (κ2) is 4.93. The number of hydrogen-bond acceptors (Lipinski definition) is 4. The van der Waals surface area contributed by atoms with Crippen LogP contribution in [0.3, 0.4) is 0 Å². The smallest absolute Gasteiger partial charge is 0.327 e. The number of amides is 1. The number of hydrogen-bond donors (Lipinski definition) is 2. The summed E-state index contributed by atoms with van der Waals surface area (Å²) in [5, 5.41) is 8.86. The van der Waals surface area contributed by atoms with Crippen LogP contribution in [0.2, 0.25) is 0 Å². The van der Waals surface area contributed by atoms with Crippen LogP contribution in [-0.2, 0) is 9.59 Å². The number of carboxylic acids is 1. The molecule has 1 rings (SSSR count). The highest BCUT2D eigenvalue weighted by Crippen LogP contribution is 2.23. The van der Waals surface area contributed by atoms with E-state index < -0.39 is 12.0 Å². The van der Waals surface area contributed by atoms with Gasteiger partial charge in [-0.1, -0.05) is 6.92 Å². The molecule has 1 aliphatic heterocycles. The molecule has 0 spiro atoms. The van der Waals surface area contributed by atoms with Crippen LogP contribution in [0.5, 0.6) is 0 Å². The molecule has 1 amide bonds. The zero-order chi connectivity index (χ0) is 10.7. The lowest BCUT2D eigenvalue weighted by molar-refractivity contribution is -0.148. The quantitative estimate of drug-likeness (QED) is 0.701. The Morgan fingerprint density at radius 1 is 1.71 bits per heavy atom. The van der Waals surface area contributed by atoms with Gasteiger partial charge in [-0.25, -0.2) is 4.79 Å². The molecule has 14 heavy (non-hydrogen) atoms. The van der Waals surface area contributed by atoms with Crippen molar-refractivity contribution >= 4 is 36.3 Å². The molecule has 2 unspecified atom stereocenters. The molecule has 0 aliphatic carbocycles. The summed E-state index contributed by atoms with van der Waals surface area (Å²) in [6, 6.07) is -0.658. The van der Waals surface area contributed by atoms with Gasteiger partial charge in [-0.3, -0.25) is 4.79 Å². The van der Waals surface area contributed by atoms with Crippen LogP contribution in [0.1, 0.15) is 6.92 Å². The Balaban J connectivity index is 2.67. The fraction of sp³-hybridized carbons (Fsp3) is 0.750. The molecule has 0 saturated carbocycles. The van der Waals surface area contributed by atoms with Crippen LogP contribution in [0.25, 0.3) is 0 Å². The van der Waals surface area contributed by atoms with Crippen molar-refractivity contribution in [2.75, 3.05) is 17.4 Å². The highest BCUT2D eigenvalue weighted by Gasteiger charge is 2.35. The second-order valence-electron chi connectivity index (χ2n) is 3.25. The lowest BCUT2D eigenvalue weighted by Crippen LogP contribution is -2.44. The third kappa shape index (κ3) is 2.36. The van der Waals surface area contributed by atoms with E-state index in [1.165, 1.54) is 16.7 Å². The summed E-state index contributed by atoms with van der Waals surface area (Å²) in [5.74, 6) is 0.173. The molecule has 0 radical (unpaired) electrons. The van der Waals surface area contributed by atoms with Crippen molar-refractivity contribution in [3.05, 3.63) is 0 Å². The van der Waals surface area contributed by atoms with E-state index in [0.29, 0.717) is 17.4 Å². The fourth-order valence-electron chi connectivity index (χ4n) is 1.23. The molecular weight excluding hydrogens is 222 g/mol. The Morgan fingerprint density at radius 3 is 2.86 bits per heavy atom. The molecule has 0 aromatic carbocycles. The Morgan fingerprint density at radius 2 is 2.36 bits per heavy atom. The van der Waals surface area contributed by atoms with E-state index in [1.54, 1.807) is 6.92 Å². The summed E-state index contributed by atoms with van der Waals surface area (Å²) < 4.78 is 0. The Kier molecular flexibility index (Phi) is 4.12. The number of rotatable bonds is 3. The number of carbonyl (C=O) groups excluding carboxylic acids is 1. The minimum Gasteiger partial charge on any atom is -0.480 e. The maximum absolute atomic E-state index is 11.7. The van der Waals surface area contributed by atoms with Crippen LogP contribution in [-0.4, -0.2) is 45.3 Å². The molecule has 0 aromatic heterocycles. The van der Waals surface area contributed by atoms with E-state index in [9.17, 15) is 9.59 Å². The lowest BCUT2D eigenvalue weighted by atomic mass is 10.1. The average Bonchev–Trinajstić information content (AvgIpc) is 2.63. The average molecular weight is 235 g/mol. The summed E-state index contributed by atoms with van der Waals surface area (Å²) >= 11 is 5.50. The van der Waals surface area contributed by atoms with Gasteiger partial charge >= 0.3 is 5.97 Å². The zero-order valence-electron chi connectivity index (χ0n) is 7.84. The van der Waals surface area contributed by atoms with Gasteiger partial charge in [0, 0.05) is 17.4 Å². The van der Waals surface area contributed by atoms with Gasteiger partial charge in [0.2, 0.25) is 5.91 Å². The highest BCUT2D eigenvalue weighted by atomic mass is 32.2. The molecule has 2 atom stereocenters. The van der Waals surface area contributed by atoms with Crippen molar-refractivity contribution < 1.29 is 14.7 Å². The van der Waals surface area contributed by atoms with E-state index in [2.05, 4.69) is 12.6 Å². The van der Waals surface area contributed by atoms with Crippen molar-refractivity contribution in [1.29, 1.82) is 0 Å². The van der Waals surface area contributed by atoms with Crippen molar-refractivity contribution in [1.82, 2.24) is 4.90 Å². The van der Waals surface area contributed by atoms with Crippen LogP contribution in [0, 0.1) is 5.92 Å². The van der Waals surface area contributed by atoms with Gasteiger partial charge in [-0.05, 0) is 0 Å². The highest BCUT2D eigenvalue weighted by molar-refractivity contribution is 7.99. The van der Waals surface area contributed by atoms with Gasteiger partial charge in [-0.2, -0.15) is 12.6 Å². The predicted octanol–water partition coefficient (Wildman–Crippen LogP) is 0.538. The predicted molar refractivity (Wildman–Crippen MR) is 58.6 cm³/mol. The molecule has 4 nitrogen and oxygen atoms in total. The standard InChI is InChI=1S/C8H13NO3S2/c1-5(2-13)7(10)9-4-14-3-6(9)8(11)12/h5-6,13H,2-4H2,1H3,(H,11,12). The maximum atomic E-state index is 11.7. The Labute approximate surface area is 92.4 Å². The number of carbonyl (C=O) groups is 2. The molecule has 1 saturated heterocycles. The van der Waals surface area contributed by atoms with E-state index in [-0.39, 0.29) is 11.8 Å². The molecule has 1 aliphatic rings. The first-order valence-corrected chi connectivity index (χ1v) is 6.08. The molecule has 6 heteroatoms. The summed E-state index contributed by atoms with van der Waals surface area (Å²) in [4.78, 5) is 23.9. The first-order chi connectivity index (χ1) is 6.57. The van der Waals surface area contributed by atoms with E-state index in [0.717, 1.165) is 0 Å². The van der Waals surface area contributed by atoms with Gasteiger partial charge in [-0.15, -0.1) is 11.8 Å². The minimum atomic E-state index is -0.922. The number of nitrogens with zero attached hydrogens (tertiary/aromatic N) is 1. The van der Waals surface area contributed by atoms with Gasteiger partial charge < -0.3 is 10.0 Å². The van der Waals surface area contributed by atoms with Gasteiger partial charge in [0.1, 0.15) is 6.04 Å². The normalized spacial score (nSPS) is 23.6. The summed E-state index contributed by atoms with van der Waals surface area (Å²) in [5.41, 5.74) is 0. The fourth-order valence-corrected chi connectivity index (χ4v) is 2.54. The van der Waals surface area contributed by atoms with E-state index in [1.807, 2.05) is 0 Å². The molecule has 1 N–H and O–H groups in total. The van der Waals surface area contributed by atoms with Crippen LogP contribution >= 0.6 is 24.4 Å². The summed E-state index contributed by atoms with van der Waals surface area (Å²) in [7, 11) is 0. The van der Waals surface area contributed by atoms with Crippen molar-refractivity contribution in [2.45, 2.75) is 13.0 Å². The monoisotopic (exact) mass is 235 g/mol. The van der Waals surface area contributed by atoms with Gasteiger partial charge in [0.25, 0.3) is 0 Å². The number of carboxylic acid groups (broad SMARTS) is 1. The van der Waals surface area contributed by atoms with Gasteiger partial charge in [0.05, 0.1) is 5.88 Å². The zero-order valence-corrected chi connectivity index (χ0v) is 9.55. The van der Waals surface area contributed by atoms with Crippen LogP contribution in [0.4, 0.5) is 0 Å². The lowest BCUT2D eigenvalue weighted by Gasteiger charge is -2.23. The maximum Gasteiger partial charge on any atom is 0.327 e. The third-order valence-electron chi connectivity index (χ3n) is 2.15. The number of aliphatic carboxylic acids is 1. The molecule has 0 aromatic rings. The second-order valence-corrected chi connectivity index (χ2v) is 4.61. The SMILES string of the molecule is CC(CS)C(=O)N1CSCC1C(=O)O. The first-order valence-electron chi connectivity index (χ1n) is 4.29. The Bertz CT molecular complexity index is 247. The number of thioether (sulfide) groups is 1. The van der Waals surface area contributed by atoms with Gasteiger partial charge in [0.15, 0.2) is 0 Å². The molecule has 1 heterocycles. The first kappa shape index (κ1) is 11.7. The van der Waals surface area contributed by atoms with Crippen LogP contribution in [0.15, 0.2) is 0 Å². The third-order valence-corrected chi connectivity index (χ3v) is 3.71. The summed E-state index contributed by atoms with van der Waals surface area (Å²) in [6.07, 6.45) is 0. The van der Waals surface area contributed by atoms with E-state index >= 15 is 0 Å². The molecule has 80 valence electrons. The molecule has 0 bridgehead atoms. The largest absolute Gasteiger partial charge is 0.480 e. The Hall–Kier alpha value is -0.360. The minimum absolute atomic E-state index is 0.114. The van der Waals surface area contributed by atoms with Crippen LogP contribution < -0.4 is 0 Å².